The van der Waals surface area contributed by atoms with E-state index >= 15 is 0 Å². The van der Waals surface area contributed by atoms with E-state index in [1.165, 1.54) is 0 Å². The number of carbonyl (C=O) groups is 1. The van der Waals surface area contributed by atoms with Crippen LogP contribution in [0.3, 0.4) is 0 Å². The molecule has 0 atom stereocenters. The molecule has 3 rings (SSSR count). The maximum atomic E-state index is 13.0. The molecule has 1 N–H and O–H groups in total. The highest BCUT2D eigenvalue weighted by atomic mass is 16.5. The summed E-state index contributed by atoms with van der Waals surface area (Å²) in [6, 6.07) is 11.1. The number of aromatic nitrogens is 3. The molecule has 3 aromatic rings. The van der Waals surface area contributed by atoms with E-state index in [4.69, 9.17) is 10.00 Å². The van der Waals surface area contributed by atoms with Crippen LogP contribution in [0.15, 0.2) is 36.5 Å². The van der Waals surface area contributed by atoms with E-state index in [0.29, 0.717) is 36.5 Å². The van der Waals surface area contributed by atoms with Gasteiger partial charge in [-0.25, -0.2) is 9.97 Å². The van der Waals surface area contributed by atoms with Crippen LogP contribution >= 0.6 is 0 Å². The first kappa shape index (κ1) is 17.6. The maximum absolute atomic E-state index is 13.0. The minimum absolute atomic E-state index is 0.131. The zero-order chi connectivity index (χ0) is 18.5. The Morgan fingerprint density at radius 1 is 1.35 bits per heavy atom. The van der Waals surface area contributed by atoms with E-state index in [-0.39, 0.29) is 5.91 Å². The molecule has 0 unspecified atom stereocenters. The first-order valence-electron chi connectivity index (χ1n) is 8.20. The van der Waals surface area contributed by atoms with Gasteiger partial charge in [-0.1, -0.05) is 12.1 Å². The number of ether oxygens (including phenoxy) is 1. The molecule has 132 valence electrons. The minimum Gasteiger partial charge on any atom is -0.383 e. The Hall–Kier alpha value is -3.24. The Kier molecular flexibility index (Phi) is 5.25. The highest BCUT2D eigenvalue weighted by Crippen LogP contribution is 2.15. The van der Waals surface area contributed by atoms with Gasteiger partial charge in [0.1, 0.15) is 5.82 Å². The van der Waals surface area contributed by atoms with Gasteiger partial charge in [0.05, 0.1) is 29.3 Å². The summed E-state index contributed by atoms with van der Waals surface area (Å²) >= 11 is 0. The molecule has 2 heterocycles. The summed E-state index contributed by atoms with van der Waals surface area (Å²) in [5, 5.41) is 8.91. The fourth-order valence-electron chi connectivity index (χ4n) is 2.68. The second-order valence-corrected chi connectivity index (χ2v) is 5.95. The van der Waals surface area contributed by atoms with Crippen LogP contribution in [0.25, 0.3) is 11.2 Å². The number of pyridine rings is 1. The van der Waals surface area contributed by atoms with E-state index < -0.39 is 0 Å². The SMILES string of the molecule is COCCN(Cc1ccc(C#N)cc1)C(=O)c1cnc2nc(C)[nH]c2c1. The van der Waals surface area contributed by atoms with Gasteiger partial charge in [0.2, 0.25) is 0 Å². The lowest BCUT2D eigenvalue weighted by atomic mass is 10.1. The van der Waals surface area contributed by atoms with Crippen molar-refractivity contribution >= 4 is 17.1 Å². The van der Waals surface area contributed by atoms with Crippen LogP contribution in [-0.4, -0.2) is 46.0 Å². The Bertz CT molecular complexity index is 956. The molecule has 0 aliphatic carbocycles. The van der Waals surface area contributed by atoms with Crippen LogP contribution in [0, 0.1) is 18.3 Å². The highest BCUT2D eigenvalue weighted by molar-refractivity contribution is 5.96. The lowest BCUT2D eigenvalue weighted by molar-refractivity contribution is 0.0680. The van der Waals surface area contributed by atoms with E-state index in [9.17, 15) is 4.79 Å². The van der Waals surface area contributed by atoms with Crippen LogP contribution in [-0.2, 0) is 11.3 Å². The predicted octanol–water partition coefficient (Wildman–Crippen LogP) is 2.43. The van der Waals surface area contributed by atoms with Crippen molar-refractivity contribution in [3.8, 4) is 6.07 Å². The smallest absolute Gasteiger partial charge is 0.255 e. The molecule has 0 radical (unpaired) electrons. The summed E-state index contributed by atoms with van der Waals surface area (Å²) < 4.78 is 5.14. The van der Waals surface area contributed by atoms with Gasteiger partial charge < -0.3 is 14.6 Å². The van der Waals surface area contributed by atoms with E-state index in [1.54, 1.807) is 36.4 Å². The molecule has 1 aromatic carbocycles. The van der Waals surface area contributed by atoms with Gasteiger partial charge in [0.15, 0.2) is 5.65 Å². The normalized spacial score (nSPS) is 10.7. The van der Waals surface area contributed by atoms with E-state index in [2.05, 4.69) is 21.0 Å². The number of nitrogens with zero attached hydrogens (tertiary/aromatic N) is 4. The third kappa shape index (κ3) is 3.87. The number of hydrogen-bond donors (Lipinski definition) is 1. The third-order valence-electron chi connectivity index (χ3n) is 4.01. The summed E-state index contributed by atoms with van der Waals surface area (Å²) in [4.78, 5) is 26.3. The Labute approximate surface area is 151 Å². The third-order valence-corrected chi connectivity index (χ3v) is 4.01. The second kappa shape index (κ2) is 7.76. The average Bonchev–Trinajstić information content (AvgIpc) is 3.04. The van der Waals surface area contributed by atoms with Crippen LogP contribution in [0.2, 0.25) is 0 Å². The average molecular weight is 349 g/mol. The van der Waals surface area contributed by atoms with Gasteiger partial charge in [-0.15, -0.1) is 0 Å². The summed E-state index contributed by atoms with van der Waals surface area (Å²) in [5.41, 5.74) is 3.35. The molecule has 1 amide bonds. The van der Waals surface area contributed by atoms with Crippen molar-refractivity contribution in [2.24, 2.45) is 0 Å². The number of amides is 1. The summed E-state index contributed by atoms with van der Waals surface area (Å²) in [5.74, 6) is 0.624. The molecule has 7 nitrogen and oxygen atoms in total. The Morgan fingerprint density at radius 2 is 2.12 bits per heavy atom. The lowest BCUT2D eigenvalue weighted by Crippen LogP contribution is -2.33. The van der Waals surface area contributed by atoms with Crippen molar-refractivity contribution in [2.45, 2.75) is 13.5 Å². The number of benzene rings is 1. The minimum atomic E-state index is -0.131. The number of nitrogens with one attached hydrogen (secondary N) is 1. The fraction of sp³-hybridized carbons (Fsp3) is 0.263. The molecule has 2 aromatic heterocycles. The number of imidazole rings is 1. The number of methoxy groups -OCH3 is 1. The molecule has 0 aliphatic rings. The highest BCUT2D eigenvalue weighted by Gasteiger charge is 2.17. The number of hydrogen-bond acceptors (Lipinski definition) is 5. The molecular weight excluding hydrogens is 330 g/mol. The van der Waals surface area contributed by atoms with Crippen LogP contribution in [0.1, 0.15) is 27.3 Å². The van der Waals surface area contributed by atoms with Gasteiger partial charge in [-0.2, -0.15) is 5.26 Å². The Morgan fingerprint density at radius 3 is 2.81 bits per heavy atom. The van der Waals surface area contributed by atoms with Crippen molar-refractivity contribution < 1.29 is 9.53 Å². The Balaban J connectivity index is 1.84. The van der Waals surface area contributed by atoms with Crippen LogP contribution in [0.5, 0.6) is 0 Å². The van der Waals surface area contributed by atoms with Crippen LogP contribution < -0.4 is 0 Å². The number of H-pyrrole nitrogens is 1. The van der Waals surface area contributed by atoms with Crippen molar-refractivity contribution in [1.29, 1.82) is 5.26 Å². The lowest BCUT2D eigenvalue weighted by Gasteiger charge is -2.22. The first-order chi connectivity index (χ1) is 12.6. The number of aryl methyl sites for hydroxylation is 1. The largest absolute Gasteiger partial charge is 0.383 e. The number of aromatic amines is 1. The number of nitriles is 1. The quantitative estimate of drug-likeness (QED) is 0.737. The van der Waals surface area contributed by atoms with Gasteiger partial charge in [0, 0.05) is 26.4 Å². The predicted molar refractivity (Wildman–Crippen MR) is 96.4 cm³/mol. The zero-order valence-electron chi connectivity index (χ0n) is 14.7. The molecular formula is C19H19N5O2. The fourth-order valence-corrected chi connectivity index (χ4v) is 2.68. The standard InChI is InChI=1S/C19H19N5O2/c1-13-22-17-9-16(11-21-18(17)23-13)19(25)24(7-8-26-2)12-15-5-3-14(10-20)4-6-15/h3-6,9,11H,7-8,12H2,1-2H3,(H,21,22,23). The maximum Gasteiger partial charge on any atom is 0.255 e. The summed E-state index contributed by atoms with van der Waals surface area (Å²) in [6.45, 7) is 3.16. The number of rotatable bonds is 6. The first-order valence-corrected chi connectivity index (χ1v) is 8.20. The van der Waals surface area contributed by atoms with Crippen LogP contribution in [0.4, 0.5) is 0 Å². The van der Waals surface area contributed by atoms with Crippen molar-refractivity contribution in [3.63, 3.8) is 0 Å². The molecule has 26 heavy (non-hydrogen) atoms. The van der Waals surface area contributed by atoms with Gasteiger partial charge >= 0.3 is 0 Å². The van der Waals surface area contributed by atoms with Crippen molar-refractivity contribution in [3.05, 3.63) is 59.0 Å². The number of carbonyl (C=O) groups excluding carboxylic acids is 1. The summed E-state index contributed by atoms with van der Waals surface area (Å²) in [6.07, 6.45) is 1.55. The summed E-state index contributed by atoms with van der Waals surface area (Å²) in [7, 11) is 1.60. The molecule has 0 fully saturated rings. The molecule has 0 bridgehead atoms. The van der Waals surface area contributed by atoms with Gasteiger partial charge in [-0.3, -0.25) is 4.79 Å². The topological polar surface area (TPSA) is 94.9 Å². The number of fused-ring (bicyclic) bond motifs is 1. The van der Waals surface area contributed by atoms with E-state index in [1.807, 2.05) is 19.1 Å². The molecule has 0 spiro atoms. The monoisotopic (exact) mass is 349 g/mol. The molecule has 0 aliphatic heterocycles. The van der Waals surface area contributed by atoms with Gasteiger partial charge in [-0.05, 0) is 30.7 Å². The second-order valence-electron chi connectivity index (χ2n) is 5.95. The van der Waals surface area contributed by atoms with E-state index in [0.717, 1.165) is 16.9 Å². The van der Waals surface area contributed by atoms with Crippen molar-refractivity contribution in [2.75, 3.05) is 20.3 Å². The van der Waals surface area contributed by atoms with Crippen molar-refractivity contribution in [1.82, 2.24) is 19.9 Å². The van der Waals surface area contributed by atoms with Gasteiger partial charge in [0.25, 0.3) is 5.91 Å². The molecule has 0 saturated heterocycles. The molecule has 0 saturated carbocycles. The zero-order valence-corrected chi connectivity index (χ0v) is 14.7. The molecule has 7 heteroatoms.